The molecular formula is C39H26Cl2SiZr. The molecule has 0 N–H and O–H groups in total. The van der Waals surface area contributed by atoms with Crippen LogP contribution in [-0.4, -0.2) is 9.52 Å². The molecule has 0 aromatic heterocycles. The fraction of sp³-hybridized carbons (Fsp3) is 0. The standard InChI is InChI=1S/C27H19.C12H7Si.2ClH.Zr/c1-4-10-20(11-5-1)24-18-23-16-17-25(21-12-6-2-7-13-21)27(26(23)19-24)22-14-8-3-9-15-22;1-3-7-11-9(5-1)10-6-2-4-8-12(10)13-11;;;/h1-19H;1-7H;2*1H;/q2*-1;;;+4/p-2. The second-order valence-corrected chi connectivity index (χ2v) is 15.1. The molecule has 0 aliphatic carbocycles. The quantitative estimate of drug-likeness (QED) is 0.128. The second-order valence-electron chi connectivity index (χ2n) is 10.0. The molecule has 0 amide bonds. The Hall–Kier alpha value is -3.39. The zero-order valence-electron chi connectivity index (χ0n) is 23.3. The van der Waals surface area contributed by atoms with Gasteiger partial charge in [0.25, 0.3) is 0 Å². The first kappa shape index (κ1) is 29.7. The SMILES string of the molecule is [Cl][Zr+2][Cl].[c-]1cccc2c1[Si]c1ccccc1-2.c1ccc(-c2cc3c(-c4ccccc4)c(-c4ccccc4)ccc3[cH-]2)cc1. The van der Waals surface area contributed by atoms with Gasteiger partial charge in [0.2, 0.25) is 0 Å². The van der Waals surface area contributed by atoms with Crippen LogP contribution < -0.4 is 10.4 Å². The Kier molecular flexibility index (Phi) is 9.93. The molecule has 2 radical (unpaired) electrons. The largest absolute Gasteiger partial charge is 0.184 e. The smallest absolute Gasteiger partial charge is 0.0920 e. The van der Waals surface area contributed by atoms with Crippen LogP contribution in [0.25, 0.3) is 55.3 Å². The summed E-state index contributed by atoms with van der Waals surface area (Å²) in [6, 6.07) is 59.3. The summed E-state index contributed by atoms with van der Waals surface area (Å²) in [4.78, 5) is 0. The van der Waals surface area contributed by atoms with Crippen molar-refractivity contribution in [3.05, 3.63) is 164 Å². The third kappa shape index (κ3) is 6.74. The molecule has 4 heteroatoms. The van der Waals surface area contributed by atoms with Crippen LogP contribution in [0.4, 0.5) is 0 Å². The van der Waals surface area contributed by atoms with E-state index in [2.05, 4.69) is 158 Å². The molecule has 7 aromatic rings. The van der Waals surface area contributed by atoms with E-state index in [1.807, 2.05) is 6.07 Å². The second kappa shape index (κ2) is 14.4. The van der Waals surface area contributed by atoms with Crippen LogP contribution in [0.5, 0.6) is 0 Å². The van der Waals surface area contributed by atoms with Crippen LogP contribution in [-0.2, 0) is 20.8 Å². The monoisotopic (exact) mass is 682 g/mol. The van der Waals surface area contributed by atoms with Crippen molar-refractivity contribution in [1.82, 2.24) is 0 Å². The van der Waals surface area contributed by atoms with E-state index >= 15 is 0 Å². The number of hydrogen-bond donors (Lipinski definition) is 0. The minimum atomic E-state index is -0.826. The predicted octanol–water partition coefficient (Wildman–Crippen LogP) is 10.1. The van der Waals surface area contributed by atoms with Gasteiger partial charge in [0.1, 0.15) is 0 Å². The van der Waals surface area contributed by atoms with Crippen LogP contribution >= 0.6 is 17.0 Å². The van der Waals surface area contributed by atoms with E-state index in [4.69, 9.17) is 17.0 Å². The van der Waals surface area contributed by atoms with E-state index in [1.54, 1.807) is 0 Å². The molecule has 7 aromatic carbocycles. The van der Waals surface area contributed by atoms with E-state index in [0.717, 1.165) is 9.52 Å². The summed E-state index contributed by atoms with van der Waals surface area (Å²) >= 11 is -0.826. The predicted molar refractivity (Wildman–Crippen MR) is 183 cm³/mol. The summed E-state index contributed by atoms with van der Waals surface area (Å²) in [6.45, 7) is 0. The molecule has 0 atom stereocenters. The van der Waals surface area contributed by atoms with Crippen molar-refractivity contribution in [1.29, 1.82) is 0 Å². The summed E-state index contributed by atoms with van der Waals surface area (Å²) in [5.41, 5.74) is 10.4. The van der Waals surface area contributed by atoms with E-state index in [-0.39, 0.29) is 0 Å². The molecule has 0 unspecified atom stereocenters. The van der Waals surface area contributed by atoms with Crippen molar-refractivity contribution in [3.8, 4) is 44.5 Å². The maximum absolute atomic E-state index is 4.93. The van der Waals surface area contributed by atoms with Gasteiger partial charge in [-0.3, -0.25) is 0 Å². The Morgan fingerprint density at radius 2 is 1.14 bits per heavy atom. The Morgan fingerprint density at radius 3 is 1.84 bits per heavy atom. The molecule has 0 spiro atoms. The number of benzene rings is 6. The number of fused-ring (bicyclic) bond motifs is 4. The maximum Gasteiger partial charge on any atom is 0.0920 e. The van der Waals surface area contributed by atoms with Gasteiger partial charge < -0.3 is 0 Å². The Balaban J connectivity index is 0.000000171. The Morgan fingerprint density at radius 1 is 0.558 bits per heavy atom. The van der Waals surface area contributed by atoms with Gasteiger partial charge in [-0.1, -0.05) is 138 Å². The van der Waals surface area contributed by atoms with Crippen LogP contribution in [0.2, 0.25) is 0 Å². The summed E-state index contributed by atoms with van der Waals surface area (Å²) in [5.74, 6) is 0. The molecule has 8 rings (SSSR count). The third-order valence-corrected chi connectivity index (χ3v) is 8.85. The van der Waals surface area contributed by atoms with Gasteiger partial charge in [-0.2, -0.15) is 29.5 Å². The third-order valence-electron chi connectivity index (χ3n) is 7.48. The van der Waals surface area contributed by atoms with Gasteiger partial charge in [0.05, 0.1) is 9.52 Å². The van der Waals surface area contributed by atoms with Crippen molar-refractivity contribution >= 4 is 47.7 Å². The van der Waals surface area contributed by atoms with Gasteiger partial charge >= 0.3 is 37.9 Å². The van der Waals surface area contributed by atoms with Crippen LogP contribution in [0.1, 0.15) is 0 Å². The average molecular weight is 685 g/mol. The van der Waals surface area contributed by atoms with E-state index in [0.29, 0.717) is 0 Å². The molecular weight excluding hydrogens is 659 g/mol. The zero-order valence-corrected chi connectivity index (χ0v) is 28.2. The summed E-state index contributed by atoms with van der Waals surface area (Å²) in [5, 5.41) is 5.41. The first-order chi connectivity index (χ1) is 21.3. The summed E-state index contributed by atoms with van der Waals surface area (Å²) < 4.78 is 0. The van der Waals surface area contributed by atoms with Crippen molar-refractivity contribution in [2.24, 2.45) is 0 Å². The van der Waals surface area contributed by atoms with Crippen molar-refractivity contribution in [2.45, 2.75) is 0 Å². The number of halogens is 2. The molecule has 1 heterocycles. The summed E-state index contributed by atoms with van der Waals surface area (Å²) in [7, 11) is 10.7. The van der Waals surface area contributed by atoms with Crippen LogP contribution in [0, 0.1) is 6.07 Å². The molecule has 43 heavy (non-hydrogen) atoms. The first-order valence-electron chi connectivity index (χ1n) is 14.0. The summed E-state index contributed by atoms with van der Waals surface area (Å²) in [6.07, 6.45) is 0. The van der Waals surface area contributed by atoms with E-state index < -0.39 is 20.8 Å². The molecule has 1 aliphatic rings. The fourth-order valence-electron chi connectivity index (χ4n) is 5.58. The molecule has 0 fully saturated rings. The topological polar surface area (TPSA) is 0 Å². The van der Waals surface area contributed by atoms with Crippen molar-refractivity contribution in [3.63, 3.8) is 0 Å². The number of rotatable bonds is 3. The van der Waals surface area contributed by atoms with Crippen molar-refractivity contribution in [2.75, 3.05) is 0 Å². The Labute approximate surface area is 274 Å². The minimum absolute atomic E-state index is 0.795. The van der Waals surface area contributed by atoms with E-state index in [1.165, 1.54) is 65.7 Å². The molecule has 0 saturated heterocycles. The van der Waals surface area contributed by atoms with Gasteiger partial charge in [-0.05, 0) is 22.3 Å². The fourth-order valence-corrected chi connectivity index (χ4v) is 6.89. The van der Waals surface area contributed by atoms with Gasteiger partial charge in [-0.15, -0.1) is 40.1 Å². The normalized spacial score (nSPS) is 10.8. The molecule has 0 bridgehead atoms. The number of hydrogen-bond acceptors (Lipinski definition) is 0. The van der Waals surface area contributed by atoms with Gasteiger partial charge in [0, 0.05) is 0 Å². The average Bonchev–Trinajstić information content (AvgIpc) is 3.68. The van der Waals surface area contributed by atoms with Crippen molar-refractivity contribution < 1.29 is 20.8 Å². The maximum atomic E-state index is 4.93. The zero-order chi connectivity index (χ0) is 29.4. The van der Waals surface area contributed by atoms with Crippen LogP contribution in [0.15, 0.2) is 158 Å². The molecule has 0 nitrogen and oxygen atoms in total. The van der Waals surface area contributed by atoms with Gasteiger partial charge in [0.15, 0.2) is 0 Å². The minimum Gasteiger partial charge on any atom is -0.184 e. The van der Waals surface area contributed by atoms with Crippen LogP contribution in [0.3, 0.4) is 0 Å². The Bertz CT molecular complexity index is 1890. The molecule has 0 saturated carbocycles. The molecule has 1 aliphatic heterocycles. The molecule has 204 valence electrons. The van der Waals surface area contributed by atoms with Gasteiger partial charge in [-0.25, -0.2) is 0 Å². The first-order valence-corrected chi connectivity index (χ1v) is 21.3. The van der Waals surface area contributed by atoms with E-state index in [9.17, 15) is 0 Å².